The average Bonchev–Trinajstić information content (AvgIpc) is 2.65. The van der Waals surface area contributed by atoms with Gasteiger partial charge in [0.05, 0.1) is 11.9 Å². The van der Waals surface area contributed by atoms with E-state index < -0.39 is 0 Å². The monoisotopic (exact) mass is 331 g/mol. The standard InChI is InChI=1S/C21H21N3O/c1-16-7-5-6-10-19(16)24-18-11-12-20(23-15-18)21(25)22-14-13-17-8-3-2-4-9-17/h2-12,15,24H,13-14H2,1H3,(H,22,25). The van der Waals surface area contributed by atoms with Crippen molar-refractivity contribution >= 4 is 17.3 Å². The lowest BCUT2D eigenvalue weighted by Crippen LogP contribution is -2.26. The van der Waals surface area contributed by atoms with E-state index in [4.69, 9.17) is 0 Å². The van der Waals surface area contributed by atoms with Crippen LogP contribution in [0.25, 0.3) is 0 Å². The molecule has 0 saturated carbocycles. The van der Waals surface area contributed by atoms with Crippen LogP contribution in [0, 0.1) is 6.92 Å². The number of nitrogens with zero attached hydrogens (tertiary/aromatic N) is 1. The first-order chi connectivity index (χ1) is 12.2. The van der Waals surface area contributed by atoms with Crippen molar-refractivity contribution in [1.82, 2.24) is 10.3 Å². The van der Waals surface area contributed by atoms with Crippen molar-refractivity contribution < 1.29 is 4.79 Å². The molecule has 1 aromatic heterocycles. The third kappa shape index (κ3) is 4.67. The number of nitrogens with one attached hydrogen (secondary N) is 2. The third-order valence-electron chi connectivity index (χ3n) is 3.96. The number of pyridine rings is 1. The zero-order chi connectivity index (χ0) is 17.5. The Balaban J connectivity index is 1.54. The number of anilines is 2. The van der Waals surface area contributed by atoms with Crippen LogP contribution in [0.2, 0.25) is 0 Å². The summed E-state index contributed by atoms with van der Waals surface area (Å²) in [5, 5.41) is 6.21. The van der Waals surface area contributed by atoms with Crippen molar-refractivity contribution in [3.05, 3.63) is 89.7 Å². The van der Waals surface area contributed by atoms with E-state index in [2.05, 4.69) is 27.8 Å². The number of hydrogen-bond acceptors (Lipinski definition) is 3. The molecule has 0 fully saturated rings. The number of rotatable bonds is 6. The van der Waals surface area contributed by atoms with Crippen LogP contribution in [0.3, 0.4) is 0 Å². The quantitative estimate of drug-likeness (QED) is 0.715. The van der Waals surface area contributed by atoms with Gasteiger partial charge >= 0.3 is 0 Å². The van der Waals surface area contributed by atoms with E-state index in [9.17, 15) is 4.79 Å². The van der Waals surface area contributed by atoms with Crippen molar-refractivity contribution in [1.29, 1.82) is 0 Å². The molecule has 1 amide bonds. The fourth-order valence-electron chi connectivity index (χ4n) is 2.53. The summed E-state index contributed by atoms with van der Waals surface area (Å²) in [7, 11) is 0. The largest absolute Gasteiger partial charge is 0.354 e. The number of hydrogen-bond donors (Lipinski definition) is 2. The first kappa shape index (κ1) is 16.7. The molecular weight excluding hydrogens is 310 g/mol. The molecule has 0 spiro atoms. The van der Waals surface area contributed by atoms with Crippen molar-refractivity contribution in [2.45, 2.75) is 13.3 Å². The van der Waals surface area contributed by atoms with Gasteiger partial charge in [-0.1, -0.05) is 48.5 Å². The smallest absolute Gasteiger partial charge is 0.269 e. The maximum atomic E-state index is 12.2. The molecule has 3 aromatic rings. The Hall–Kier alpha value is -3.14. The Labute approximate surface area is 147 Å². The van der Waals surface area contributed by atoms with Gasteiger partial charge in [-0.05, 0) is 42.7 Å². The Kier molecular flexibility index (Phi) is 5.42. The highest BCUT2D eigenvalue weighted by Gasteiger charge is 2.07. The number of benzene rings is 2. The van der Waals surface area contributed by atoms with Crippen molar-refractivity contribution in [3.63, 3.8) is 0 Å². The Morgan fingerprint density at radius 1 is 0.960 bits per heavy atom. The van der Waals surface area contributed by atoms with Gasteiger partial charge in [-0.3, -0.25) is 4.79 Å². The lowest BCUT2D eigenvalue weighted by atomic mass is 10.1. The van der Waals surface area contributed by atoms with Crippen molar-refractivity contribution in [3.8, 4) is 0 Å². The van der Waals surface area contributed by atoms with E-state index in [0.717, 1.165) is 23.4 Å². The molecule has 126 valence electrons. The molecule has 0 aliphatic rings. The minimum atomic E-state index is -0.154. The second-order valence-corrected chi connectivity index (χ2v) is 5.86. The van der Waals surface area contributed by atoms with Crippen LogP contribution in [0.1, 0.15) is 21.6 Å². The zero-order valence-electron chi connectivity index (χ0n) is 14.2. The molecule has 0 radical (unpaired) electrons. The Morgan fingerprint density at radius 2 is 1.72 bits per heavy atom. The van der Waals surface area contributed by atoms with Crippen LogP contribution < -0.4 is 10.6 Å². The molecular formula is C21H21N3O. The molecule has 3 rings (SSSR count). The van der Waals surface area contributed by atoms with E-state index in [1.165, 1.54) is 5.56 Å². The summed E-state index contributed by atoms with van der Waals surface area (Å²) in [6.07, 6.45) is 2.48. The number of aromatic nitrogens is 1. The highest BCUT2D eigenvalue weighted by molar-refractivity contribution is 5.92. The summed E-state index contributed by atoms with van der Waals surface area (Å²) in [5.41, 5.74) is 4.67. The number of para-hydroxylation sites is 1. The second-order valence-electron chi connectivity index (χ2n) is 5.86. The Bertz CT molecular complexity index is 829. The van der Waals surface area contributed by atoms with Crippen molar-refractivity contribution in [2.24, 2.45) is 0 Å². The van der Waals surface area contributed by atoms with Gasteiger partial charge < -0.3 is 10.6 Å². The first-order valence-electron chi connectivity index (χ1n) is 8.33. The third-order valence-corrected chi connectivity index (χ3v) is 3.96. The van der Waals surface area contributed by atoms with Gasteiger partial charge in [0.15, 0.2) is 0 Å². The van der Waals surface area contributed by atoms with Crippen LogP contribution >= 0.6 is 0 Å². The molecule has 2 aromatic carbocycles. The zero-order valence-corrected chi connectivity index (χ0v) is 14.2. The summed E-state index contributed by atoms with van der Waals surface area (Å²) in [4.78, 5) is 16.4. The summed E-state index contributed by atoms with van der Waals surface area (Å²) in [5.74, 6) is -0.154. The summed E-state index contributed by atoms with van der Waals surface area (Å²) >= 11 is 0. The molecule has 0 bridgehead atoms. The maximum absolute atomic E-state index is 12.2. The van der Waals surface area contributed by atoms with Gasteiger partial charge in [0.2, 0.25) is 0 Å². The van der Waals surface area contributed by atoms with E-state index in [1.807, 2.05) is 55.5 Å². The molecule has 0 unspecified atom stereocenters. The fraction of sp³-hybridized carbons (Fsp3) is 0.143. The number of carbonyl (C=O) groups is 1. The normalized spacial score (nSPS) is 10.3. The van der Waals surface area contributed by atoms with E-state index in [-0.39, 0.29) is 5.91 Å². The van der Waals surface area contributed by atoms with Crippen LogP contribution in [0.15, 0.2) is 72.9 Å². The molecule has 0 aliphatic carbocycles. The molecule has 2 N–H and O–H groups in total. The molecule has 0 aliphatic heterocycles. The van der Waals surface area contributed by atoms with Gasteiger partial charge in [0, 0.05) is 12.2 Å². The number of carbonyl (C=O) groups excluding carboxylic acids is 1. The summed E-state index contributed by atoms with van der Waals surface area (Å²) in [6.45, 7) is 2.64. The molecule has 4 heteroatoms. The highest BCUT2D eigenvalue weighted by atomic mass is 16.1. The first-order valence-corrected chi connectivity index (χ1v) is 8.33. The molecule has 25 heavy (non-hydrogen) atoms. The number of amides is 1. The van der Waals surface area contributed by atoms with Gasteiger partial charge in [0.25, 0.3) is 5.91 Å². The van der Waals surface area contributed by atoms with Gasteiger partial charge in [-0.25, -0.2) is 4.98 Å². The van der Waals surface area contributed by atoms with E-state index >= 15 is 0 Å². The molecule has 4 nitrogen and oxygen atoms in total. The topological polar surface area (TPSA) is 54.0 Å². The minimum absolute atomic E-state index is 0.154. The van der Waals surface area contributed by atoms with Crippen LogP contribution in [-0.4, -0.2) is 17.4 Å². The fourth-order valence-corrected chi connectivity index (χ4v) is 2.53. The molecule has 0 saturated heterocycles. The highest BCUT2D eigenvalue weighted by Crippen LogP contribution is 2.19. The second kappa shape index (κ2) is 8.11. The lowest BCUT2D eigenvalue weighted by Gasteiger charge is -2.09. The minimum Gasteiger partial charge on any atom is -0.354 e. The van der Waals surface area contributed by atoms with Crippen LogP contribution in [-0.2, 0) is 6.42 Å². The summed E-state index contributed by atoms with van der Waals surface area (Å²) in [6, 6.07) is 21.7. The van der Waals surface area contributed by atoms with Crippen LogP contribution in [0.5, 0.6) is 0 Å². The lowest BCUT2D eigenvalue weighted by molar-refractivity contribution is 0.0949. The van der Waals surface area contributed by atoms with Gasteiger partial charge in [0.1, 0.15) is 5.69 Å². The van der Waals surface area contributed by atoms with Gasteiger partial charge in [-0.2, -0.15) is 0 Å². The SMILES string of the molecule is Cc1ccccc1Nc1ccc(C(=O)NCCc2ccccc2)nc1. The number of aryl methyl sites for hydroxylation is 1. The van der Waals surface area contributed by atoms with E-state index in [0.29, 0.717) is 12.2 Å². The predicted molar refractivity (Wildman–Crippen MR) is 101 cm³/mol. The summed E-state index contributed by atoms with van der Waals surface area (Å²) < 4.78 is 0. The van der Waals surface area contributed by atoms with Crippen LogP contribution in [0.4, 0.5) is 11.4 Å². The van der Waals surface area contributed by atoms with Crippen molar-refractivity contribution in [2.75, 3.05) is 11.9 Å². The molecule has 1 heterocycles. The Morgan fingerprint density at radius 3 is 2.44 bits per heavy atom. The van der Waals surface area contributed by atoms with E-state index in [1.54, 1.807) is 12.3 Å². The predicted octanol–water partition coefficient (Wildman–Crippen LogP) is 4.11. The molecule has 0 atom stereocenters. The van der Waals surface area contributed by atoms with Gasteiger partial charge in [-0.15, -0.1) is 0 Å². The maximum Gasteiger partial charge on any atom is 0.269 e. The average molecular weight is 331 g/mol.